The number of benzene rings is 1. The van der Waals surface area contributed by atoms with E-state index in [1.165, 1.54) is 12.1 Å². The van der Waals surface area contributed by atoms with E-state index in [0.29, 0.717) is 6.42 Å². The highest BCUT2D eigenvalue weighted by atomic mass is 16.6. The SMILES string of the molecule is Cc1ccc([N+](=O)[O-])cc1[C@H]1CCC1C(=O)O. The van der Waals surface area contributed by atoms with Crippen LogP contribution in [0.15, 0.2) is 18.2 Å². The van der Waals surface area contributed by atoms with Crippen molar-refractivity contribution in [3.8, 4) is 0 Å². The van der Waals surface area contributed by atoms with Crippen molar-refractivity contribution in [3.05, 3.63) is 39.4 Å². The Labute approximate surface area is 98.2 Å². The first-order valence-electron chi connectivity index (χ1n) is 5.48. The van der Waals surface area contributed by atoms with Crippen LogP contribution in [0, 0.1) is 23.0 Å². The van der Waals surface area contributed by atoms with Crippen molar-refractivity contribution in [2.75, 3.05) is 0 Å². The molecule has 1 aromatic rings. The fourth-order valence-corrected chi connectivity index (χ4v) is 2.31. The predicted octanol–water partition coefficient (Wildman–Crippen LogP) is 2.48. The van der Waals surface area contributed by atoms with Crippen molar-refractivity contribution in [2.24, 2.45) is 5.92 Å². The minimum atomic E-state index is -0.813. The zero-order chi connectivity index (χ0) is 12.6. The number of carboxylic acid groups (broad SMARTS) is 1. The molecule has 5 heteroatoms. The number of rotatable bonds is 3. The van der Waals surface area contributed by atoms with Crippen LogP contribution in [0.2, 0.25) is 0 Å². The maximum absolute atomic E-state index is 11.0. The molecular weight excluding hydrogens is 222 g/mol. The average molecular weight is 235 g/mol. The molecule has 0 bridgehead atoms. The summed E-state index contributed by atoms with van der Waals surface area (Å²) in [5.41, 5.74) is 1.76. The Hall–Kier alpha value is -1.91. The molecule has 0 aliphatic heterocycles. The highest BCUT2D eigenvalue weighted by molar-refractivity contribution is 5.73. The van der Waals surface area contributed by atoms with Gasteiger partial charge in [0.15, 0.2) is 0 Å². The van der Waals surface area contributed by atoms with E-state index in [1.54, 1.807) is 6.07 Å². The summed E-state index contributed by atoms with van der Waals surface area (Å²) in [6, 6.07) is 4.65. The molecule has 0 amide bonds. The van der Waals surface area contributed by atoms with E-state index < -0.39 is 16.8 Å². The van der Waals surface area contributed by atoms with Crippen LogP contribution in [0.3, 0.4) is 0 Å². The largest absolute Gasteiger partial charge is 0.481 e. The summed E-state index contributed by atoms with van der Waals surface area (Å²) in [5.74, 6) is -1.28. The number of nitro benzene ring substituents is 1. The summed E-state index contributed by atoms with van der Waals surface area (Å²) in [6.07, 6.45) is 1.45. The lowest BCUT2D eigenvalue weighted by Crippen LogP contribution is -2.31. The number of carbonyl (C=O) groups is 1. The number of aliphatic carboxylic acids is 1. The molecule has 0 aromatic heterocycles. The Kier molecular flexibility index (Phi) is 2.83. The number of carboxylic acids is 1. The van der Waals surface area contributed by atoms with Crippen LogP contribution in [-0.4, -0.2) is 16.0 Å². The smallest absolute Gasteiger partial charge is 0.307 e. The maximum Gasteiger partial charge on any atom is 0.307 e. The van der Waals surface area contributed by atoms with Crippen LogP contribution < -0.4 is 0 Å². The van der Waals surface area contributed by atoms with Crippen molar-refractivity contribution in [1.82, 2.24) is 0 Å². The van der Waals surface area contributed by atoms with Gasteiger partial charge in [-0.2, -0.15) is 0 Å². The van der Waals surface area contributed by atoms with Gasteiger partial charge in [0.05, 0.1) is 10.8 Å². The predicted molar refractivity (Wildman–Crippen MR) is 60.9 cm³/mol. The van der Waals surface area contributed by atoms with Crippen LogP contribution in [0.5, 0.6) is 0 Å². The van der Waals surface area contributed by atoms with E-state index in [0.717, 1.165) is 17.5 Å². The summed E-state index contributed by atoms with van der Waals surface area (Å²) >= 11 is 0. The number of aryl methyl sites for hydroxylation is 1. The Morgan fingerprint density at radius 2 is 2.18 bits per heavy atom. The molecule has 1 aromatic carbocycles. The highest BCUT2D eigenvalue weighted by Crippen LogP contribution is 2.44. The molecule has 1 aliphatic rings. The molecule has 0 radical (unpaired) electrons. The van der Waals surface area contributed by atoms with Crippen LogP contribution in [0.1, 0.15) is 29.9 Å². The van der Waals surface area contributed by atoms with Gasteiger partial charge in [0, 0.05) is 12.1 Å². The molecule has 0 saturated heterocycles. The summed E-state index contributed by atoms with van der Waals surface area (Å²) in [5, 5.41) is 19.7. The van der Waals surface area contributed by atoms with Gasteiger partial charge >= 0.3 is 5.97 Å². The first-order chi connectivity index (χ1) is 8.00. The van der Waals surface area contributed by atoms with E-state index in [2.05, 4.69) is 0 Å². The summed E-state index contributed by atoms with van der Waals surface area (Å²) in [7, 11) is 0. The zero-order valence-corrected chi connectivity index (χ0v) is 9.42. The lowest BCUT2D eigenvalue weighted by Gasteiger charge is -2.34. The number of hydrogen-bond acceptors (Lipinski definition) is 3. The third-order valence-corrected chi connectivity index (χ3v) is 3.46. The molecule has 1 fully saturated rings. The number of nitro groups is 1. The van der Waals surface area contributed by atoms with Crippen molar-refractivity contribution < 1.29 is 14.8 Å². The molecule has 2 rings (SSSR count). The lowest BCUT2D eigenvalue weighted by molar-refractivity contribution is -0.385. The normalized spacial score (nSPS) is 22.9. The van der Waals surface area contributed by atoms with E-state index in [1.807, 2.05) is 6.92 Å². The van der Waals surface area contributed by atoms with E-state index in [9.17, 15) is 14.9 Å². The molecule has 0 heterocycles. The van der Waals surface area contributed by atoms with Crippen molar-refractivity contribution in [2.45, 2.75) is 25.7 Å². The first-order valence-corrected chi connectivity index (χ1v) is 5.48. The monoisotopic (exact) mass is 235 g/mol. The number of nitrogens with zero attached hydrogens (tertiary/aromatic N) is 1. The van der Waals surface area contributed by atoms with Gasteiger partial charge in [-0.3, -0.25) is 14.9 Å². The zero-order valence-electron chi connectivity index (χ0n) is 9.42. The quantitative estimate of drug-likeness (QED) is 0.644. The molecule has 1 saturated carbocycles. The van der Waals surface area contributed by atoms with Gasteiger partial charge in [0.25, 0.3) is 5.69 Å². The molecule has 2 atom stereocenters. The molecule has 90 valence electrons. The molecule has 5 nitrogen and oxygen atoms in total. The average Bonchev–Trinajstić information content (AvgIpc) is 2.18. The number of hydrogen-bond donors (Lipinski definition) is 1. The van der Waals surface area contributed by atoms with Crippen LogP contribution >= 0.6 is 0 Å². The molecule has 17 heavy (non-hydrogen) atoms. The summed E-state index contributed by atoms with van der Waals surface area (Å²) in [4.78, 5) is 21.2. The van der Waals surface area contributed by atoms with Gasteiger partial charge in [-0.15, -0.1) is 0 Å². The Morgan fingerprint density at radius 1 is 1.47 bits per heavy atom. The Bertz CT molecular complexity index is 483. The fraction of sp³-hybridized carbons (Fsp3) is 0.417. The maximum atomic E-state index is 11.0. The second-order valence-electron chi connectivity index (χ2n) is 4.43. The number of non-ortho nitro benzene ring substituents is 1. The van der Waals surface area contributed by atoms with Gasteiger partial charge in [-0.1, -0.05) is 6.07 Å². The van der Waals surface area contributed by atoms with Gasteiger partial charge in [-0.25, -0.2) is 0 Å². The molecule has 1 aliphatic carbocycles. The fourth-order valence-electron chi connectivity index (χ4n) is 2.31. The lowest BCUT2D eigenvalue weighted by atomic mass is 9.69. The Morgan fingerprint density at radius 3 is 2.65 bits per heavy atom. The molecular formula is C12H13NO4. The topological polar surface area (TPSA) is 80.4 Å². The molecule has 0 spiro atoms. The summed E-state index contributed by atoms with van der Waals surface area (Å²) < 4.78 is 0. The first kappa shape index (κ1) is 11.6. The van der Waals surface area contributed by atoms with Gasteiger partial charge < -0.3 is 5.11 Å². The van der Waals surface area contributed by atoms with Crippen molar-refractivity contribution in [1.29, 1.82) is 0 Å². The van der Waals surface area contributed by atoms with Crippen LogP contribution in [0.4, 0.5) is 5.69 Å². The highest BCUT2D eigenvalue weighted by Gasteiger charge is 2.38. The van der Waals surface area contributed by atoms with E-state index in [-0.39, 0.29) is 11.6 Å². The van der Waals surface area contributed by atoms with Crippen molar-refractivity contribution >= 4 is 11.7 Å². The van der Waals surface area contributed by atoms with E-state index in [4.69, 9.17) is 5.11 Å². The van der Waals surface area contributed by atoms with E-state index >= 15 is 0 Å². The molecule has 1 N–H and O–H groups in total. The third-order valence-electron chi connectivity index (χ3n) is 3.46. The summed E-state index contributed by atoms with van der Waals surface area (Å²) in [6.45, 7) is 1.86. The minimum Gasteiger partial charge on any atom is -0.481 e. The standard InChI is InChI=1S/C12H13NO4/c1-7-2-3-8(13(16)17)6-11(7)9-4-5-10(9)12(14)15/h2-3,6,9-10H,4-5H2,1H3,(H,14,15)/t9-,10?/m0/s1. The Balaban J connectivity index is 2.34. The van der Waals surface area contributed by atoms with Crippen molar-refractivity contribution in [3.63, 3.8) is 0 Å². The third kappa shape index (κ3) is 2.00. The van der Waals surface area contributed by atoms with Gasteiger partial charge in [-0.05, 0) is 36.8 Å². The molecule has 1 unspecified atom stereocenters. The van der Waals surface area contributed by atoms with Gasteiger partial charge in [0.1, 0.15) is 0 Å². The minimum absolute atomic E-state index is 0.0293. The van der Waals surface area contributed by atoms with Crippen LogP contribution in [0.25, 0.3) is 0 Å². The van der Waals surface area contributed by atoms with Crippen LogP contribution in [-0.2, 0) is 4.79 Å². The van der Waals surface area contributed by atoms with Gasteiger partial charge in [0.2, 0.25) is 0 Å². The second-order valence-corrected chi connectivity index (χ2v) is 4.43. The second kappa shape index (κ2) is 4.16.